The molecule has 0 aromatic heterocycles. The topological polar surface area (TPSA) is 37.4 Å². The molecule has 0 N–H and O–H groups in total. The third-order valence-corrected chi connectivity index (χ3v) is 2.87. The summed E-state index contributed by atoms with van der Waals surface area (Å²) in [7, 11) is 0. The molecule has 0 bridgehead atoms. The van der Waals surface area contributed by atoms with Crippen LogP contribution >= 0.6 is 23.2 Å². The second kappa shape index (κ2) is 4.03. The van der Waals surface area contributed by atoms with E-state index in [1.165, 1.54) is 4.90 Å². The van der Waals surface area contributed by atoms with Gasteiger partial charge in [-0.2, -0.15) is 0 Å². The van der Waals surface area contributed by atoms with Crippen molar-refractivity contribution in [2.24, 2.45) is 0 Å². The predicted octanol–water partition coefficient (Wildman–Crippen LogP) is 2.44. The zero-order valence-corrected chi connectivity index (χ0v) is 9.48. The van der Waals surface area contributed by atoms with E-state index in [4.69, 9.17) is 23.2 Å². The van der Waals surface area contributed by atoms with Gasteiger partial charge in [-0.3, -0.25) is 9.59 Å². The van der Waals surface area contributed by atoms with Gasteiger partial charge in [0.25, 0.3) is 5.91 Å². The molecule has 0 unspecified atom stereocenters. The molecule has 1 aliphatic rings. The Labute approximate surface area is 101 Å². The molecular formula is C10H6Cl2FNO2. The molecule has 1 heterocycles. The highest BCUT2D eigenvalue weighted by Gasteiger charge is 2.32. The molecule has 84 valence electrons. The first kappa shape index (κ1) is 11.4. The SMILES string of the molecule is O=C1CCN(c2c(Cl)cc(F)cc2Cl)C1=O. The molecule has 16 heavy (non-hydrogen) atoms. The van der Waals surface area contributed by atoms with Crippen LogP contribution in [0.1, 0.15) is 6.42 Å². The highest BCUT2D eigenvalue weighted by atomic mass is 35.5. The number of amides is 1. The molecule has 0 saturated carbocycles. The number of halogens is 3. The highest BCUT2D eigenvalue weighted by Crippen LogP contribution is 2.36. The van der Waals surface area contributed by atoms with E-state index in [0.29, 0.717) is 0 Å². The van der Waals surface area contributed by atoms with E-state index < -0.39 is 17.5 Å². The molecule has 0 radical (unpaired) electrons. The molecule has 1 aliphatic heterocycles. The summed E-state index contributed by atoms with van der Waals surface area (Å²) in [6.45, 7) is 0.225. The Kier molecular flexibility index (Phi) is 2.86. The van der Waals surface area contributed by atoms with Gasteiger partial charge in [0.15, 0.2) is 0 Å². The lowest BCUT2D eigenvalue weighted by Crippen LogP contribution is -2.27. The number of nitrogens with zero attached hydrogens (tertiary/aromatic N) is 1. The van der Waals surface area contributed by atoms with Gasteiger partial charge in [-0.25, -0.2) is 4.39 Å². The normalized spacial score (nSPS) is 16.1. The van der Waals surface area contributed by atoms with Crippen molar-refractivity contribution in [3.05, 3.63) is 28.0 Å². The van der Waals surface area contributed by atoms with Gasteiger partial charge in [-0.1, -0.05) is 23.2 Å². The van der Waals surface area contributed by atoms with Crippen molar-refractivity contribution in [1.82, 2.24) is 0 Å². The minimum absolute atomic E-state index is 0.0213. The number of hydrogen-bond acceptors (Lipinski definition) is 2. The van der Waals surface area contributed by atoms with Crippen LogP contribution in [0.25, 0.3) is 0 Å². The summed E-state index contributed by atoms with van der Waals surface area (Å²) in [5, 5.41) is 0.0427. The van der Waals surface area contributed by atoms with Gasteiger partial charge in [0.05, 0.1) is 15.7 Å². The smallest absolute Gasteiger partial charge is 0.294 e. The average Bonchev–Trinajstić information content (AvgIpc) is 2.48. The molecular weight excluding hydrogens is 256 g/mol. The standard InChI is InChI=1S/C10H6Cl2FNO2/c11-6-3-5(13)4-7(12)9(6)14-2-1-8(15)10(14)16/h3-4H,1-2H2. The molecule has 6 heteroatoms. The van der Waals surface area contributed by atoms with Crippen molar-refractivity contribution >= 4 is 40.6 Å². The molecule has 1 fully saturated rings. The Morgan fingerprint density at radius 2 is 1.75 bits per heavy atom. The number of Topliss-reactive ketones (excluding diaryl/α,β-unsaturated/α-hetero) is 1. The Hall–Kier alpha value is -1.13. The van der Waals surface area contributed by atoms with Crippen LogP contribution in [0.5, 0.6) is 0 Å². The van der Waals surface area contributed by atoms with Crippen molar-refractivity contribution in [3.63, 3.8) is 0 Å². The number of rotatable bonds is 1. The molecule has 0 aliphatic carbocycles. The lowest BCUT2D eigenvalue weighted by molar-refractivity contribution is -0.133. The van der Waals surface area contributed by atoms with Crippen LogP contribution in [-0.4, -0.2) is 18.2 Å². The fourth-order valence-corrected chi connectivity index (χ4v) is 2.24. The Bertz CT molecular complexity index is 467. The van der Waals surface area contributed by atoms with Crippen molar-refractivity contribution in [2.45, 2.75) is 6.42 Å². The highest BCUT2D eigenvalue weighted by molar-refractivity contribution is 6.47. The van der Waals surface area contributed by atoms with Crippen LogP contribution < -0.4 is 4.90 Å². The van der Waals surface area contributed by atoms with Gasteiger partial charge in [-0.15, -0.1) is 0 Å². The third-order valence-electron chi connectivity index (χ3n) is 2.30. The largest absolute Gasteiger partial charge is 0.302 e. The number of carbonyl (C=O) groups excluding carboxylic acids is 2. The molecule has 1 aromatic rings. The monoisotopic (exact) mass is 261 g/mol. The van der Waals surface area contributed by atoms with Crippen LogP contribution in [0.15, 0.2) is 12.1 Å². The number of carbonyl (C=O) groups is 2. The molecule has 2 rings (SSSR count). The summed E-state index contributed by atoms with van der Waals surface area (Å²) in [5.41, 5.74) is 0.195. The first-order valence-corrected chi connectivity index (χ1v) is 5.25. The maximum absolute atomic E-state index is 12.9. The Balaban J connectivity index is 2.49. The minimum atomic E-state index is -0.657. The summed E-state index contributed by atoms with van der Waals surface area (Å²) in [6, 6.07) is 2.11. The van der Waals surface area contributed by atoms with Crippen LogP contribution in [0.4, 0.5) is 10.1 Å². The quantitative estimate of drug-likeness (QED) is 0.729. The van der Waals surface area contributed by atoms with E-state index in [-0.39, 0.29) is 28.7 Å². The predicted molar refractivity (Wildman–Crippen MR) is 58.4 cm³/mol. The van der Waals surface area contributed by atoms with E-state index in [2.05, 4.69) is 0 Å². The van der Waals surface area contributed by atoms with Gasteiger partial charge in [0, 0.05) is 13.0 Å². The molecule has 1 amide bonds. The van der Waals surface area contributed by atoms with Gasteiger partial charge in [0.2, 0.25) is 5.78 Å². The lowest BCUT2D eigenvalue weighted by Gasteiger charge is -2.17. The number of benzene rings is 1. The van der Waals surface area contributed by atoms with Crippen molar-refractivity contribution < 1.29 is 14.0 Å². The van der Waals surface area contributed by atoms with E-state index in [9.17, 15) is 14.0 Å². The average molecular weight is 262 g/mol. The van der Waals surface area contributed by atoms with E-state index in [1.54, 1.807) is 0 Å². The van der Waals surface area contributed by atoms with E-state index in [1.807, 2.05) is 0 Å². The second-order valence-electron chi connectivity index (χ2n) is 3.35. The van der Waals surface area contributed by atoms with Gasteiger partial charge < -0.3 is 4.90 Å². The van der Waals surface area contributed by atoms with Crippen LogP contribution in [-0.2, 0) is 9.59 Å². The van der Waals surface area contributed by atoms with Gasteiger partial charge in [0.1, 0.15) is 5.82 Å². The maximum Gasteiger partial charge on any atom is 0.294 e. The Morgan fingerprint density at radius 3 is 2.19 bits per heavy atom. The summed E-state index contributed by atoms with van der Waals surface area (Å²) >= 11 is 11.6. The van der Waals surface area contributed by atoms with Gasteiger partial charge in [-0.05, 0) is 12.1 Å². The fraction of sp³-hybridized carbons (Fsp3) is 0.200. The molecule has 3 nitrogen and oxygen atoms in total. The molecule has 0 spiro atoms. The third kappa shape index (κ3) is 1.79. The molecule has 0 atom stereocenters. The van der Waals surface area contributed by atoms with E-state index in [0.717, 1.165) is 12.1 Å². The minimum Gasteiger partial charge on any atom is -0.302 e. The fourth-order valence-electron chi connectivity index (χ4n) is 1.58. The summed E-state index contributed by atoms with van der Waals surface area (Å²) in [5.74, 6) is -1.73. The van der Waals surface area contributed by atoms with E-state index >= 15 is 0 Å². The lowest BCUT2D eigenvalue weighted by atomic mass is 10.3. The van der Waals surface area contributed by atoms with Crippen molar-refractivity contribution in [2.75, 3.05) is 11.4 Å². The molecule has 1 saturated heterocycles. The number of anilines is 1. The van der Waals surface area contributed by atoms with Gasteiger partial charge >= 0.3 is 0 Å². The summed E-state index contributed by atoms with van der Waals surface area (Å²) in [6.07, 6.45) is 0.128. The van der Waals surface area contributed by atoms with Crippen molar-refractivity contribution in [3.8, 4) is 0 Å². The number of ketones is 1. The molecule has 1 aromatic carbocycles. The first-order valence-electron chi connectivity index (χ1n) is 4.50. The number of hydrogen-bond donors (Lipinski definition) is 0. The van der Waals surface area contributed by atoms with Crippen LogP contribution in [0.2, 0.25) is 10.0 Å². The zero-order valence-electron chi connectivity index (χ0n) is 7.97. The first-order chi connectivity index (χ1) is 7.50. The summed E-state index contributed by atoms with van der Waals surface area (Å²) < 4.78 is 12.9. The van der Waals surface area contributed by atoms with Crippen LogP contribution in [0.3, 0.4) is 0 Å². The zero-order chi connectivity index (χ0) is 11.9. The maximum atomic E-state index is 12.9. The van der Waals surface area contributed by atoms with Crippen LogP contribution in [0, 0.1) is 5.82 Å². The second-order valence-corrected chi connectivity index (χ2v) is 4.16. The Morgan fingerprint density at radius 1 is 1.19 bits per heavy atom. The van der Waals surface area contributed by atoms with Crippen molar-refractivity contribution in [1.29, 1.82) is 0 Å². The summed E-state index contributed by atoms with van der Waals surface area (Å²) in [4.78, 5) is 23.7.